The fraction of sp³-hybridized carbons (Fsp3) is 0.968. The first-order chi connectivity index (χ1) is 50.0. The maximum absolute atomic E-state index is 14.6. The molecule has 0 N–H and O–H groups in total. The molecule has 0 aromatic heterocycles. The van der Waals surface area contributed by atoms with Crippen molar-refractivity contribution in [2.45, 2.75) is 504 Å². The standard InChI is InChI=1S/C93H183N3O6/c1-10-16-22-28-34-40-46-52-58-64-73-94(74-65-59-53-47-41-35-29-23-17-11-2)79-70-85(7)100-91(97)88-82-89(92(98)101-86(8)71-80-95(75-66-60-54-48-42-36-30-24-18-12-3)76-67-61-55-49-43-37-31-25-19-13-4)84-90(83-88)93(99)102-87(9)72-81-96(77-68-62-56-50-44-38-32-26-20-14-5)78-69-63-57-51-45-39-33-27-21-15-6/h85-90H,10-84H2,1-9H3/t85?,86?,87?,88-,89+,90-. The SMILES string of the molecule is CCCCCCCCCCCCN(CCCCCCCCCCCC)CCC(C)OC(=O)[C@H]1C[C@@H](C(=O)OC(C)CCN(CCCCCCCCCCCC)CCCCCCCCCCCC)C[C@@H](C(=O)OC(C)CCN(CCCCCCCCCCCC)CCCCCCCCCCCC)C1. The van der Waals surface area contributed by atoms with Crippen molar-refractivity contribution in [2.24, 2.45) is 17.8 Å². The van der Waals surface area contributed by atoms with E-state index in [-0.39, 0.29) is 36.2 Å². The van der Waals surface area contributed by atoms with Crippen LogP contribution in [0.25, 0.3) is 0 Å². The lowest BCUT2D eigenvalue weighted by atomic mass is 9.75. The summed E-state index contributed by atoms with van der Waals surface area (Å²) in [6, 6.07) is 0. The van der Waals surface area contributed by atoms with Crippen molar-refractivity contribution in [3.63, 3.8) is 0 Å². The van der Waals surface area contributed by atoms with E-state index in [0.29, 0.717) is 19.3 Å². The zero-order chi connectivity index (χ0) is 74.1. The van der Waals surface area contributed by atoms with Crippen molar-refractivity contribution in [2.75, 3.05) is 58.9 Å². The van der Waals surface area contributed by atoms with Crippen molar-refractivity contribution in [1.29, 1.82) is 0 Å². The predicted molar refractivity (Wildman–Crippen MR) is 445 cm³/mol. The molecule has 9 heteroatoms. The summed E-state index contributed by atoms with van der Waals surface area (Å²) in [5.41, 5.74) is 0. The maximum Gasteiger partial charge on any atom is 0.309 e. The molecule has 0 spiro atoms. The Kier molecular flexibility index (Phi) is 73.3. The summed E-state index contributed by atoms with van der Waals surface area (Å²) in [6.45, 7) is 29.4. The highest BCUT2D eigenvalue weighted by atomic mass is 16.6. The van der Waals surface area contributed by atoms with E-state index in [1.54, 1.807) is 0 Å². The maximum atomic E-state index is 14.6. The molecule has 9 nitrogen and oxygen atoms in total. The number of carbonyl (C=O) groups is 3. The first-order valence-electron chi connectivity index (χ1n) is 46.8. The van der Waals surface area contributed by atoms with Crippen molar-refractivity contribution >= 4 is 17.9 Å². The minimum atomic E-state index is -0.563. The summed E-state index contributed by atoms with van der Waals surface area (Å²) in [4.78, 5) is 51.8. The molecule has 1 rings (SSSR count). The first kappa shape index (κ1) is 98.3. The van der Waals surface area contributed by atoms with Crippen LogP contribution in [0, 0.1) is 17.8 Å². The molecule has 1 saturated carbocycles. The third-order valence-electron chi connectivity index (χ3n) is 23.2. The van der Waals surface area contributed by atoms with Gasteiger partial charge < -0.3 is 28.9 Å². The summed E-state index contributed by atoms with van der Waals surface area (Å²) < 4.78 is 19.3. The lowest BCUT2D eigenvalue weighted by Gasteiger charge is -2.33. The largest absolute Gasteiger partial charge is 0.462 e. The van der Waals surface area contributed by atoms with Crippen LogP contribution in [0.3, 0.4) is 0 Å². The van der Waals surface area contributed by atoms with Gasteiger partial charge in [0.2, 0.25) is 0 Å². The summed E-state index contributed by atoms with van der Waals surface area (Å²) in [5, 5.41) is 0. The average Bonchev–Trinajstić information content (AvgIpc) is 0.823. The average molecular weight is 1440 g/mol. The Bertz CT molecular complexity index is 1480. The highest BCUT2D eigenvalue weighted by Gasteiger charge is 2.42. The number of hydrogen-bond acceptors (Lipinski definition) is 9. The normalized spacial score (nSPS) is 15.8. The Morgan fingerprint density at radius 2 is 0.343 bits per heavy atom. The summed E-state index contributed by atoms with van der Waals surface area (Å²) >= 11 is 0. The molecule has 0 aliphatic heterocycles. The van der Waals surface area contributed by atoms with Crippen molar-refractivity contribution in [1.82, 2.24) is 14.7 Å². The van der Waals surface area contributed by atoms with Crippen LogP contribution in [-0.4, -0.2) is 110 Å². The molecule has 1 aliphatic carbocycles. The minimum Gasteiger partial charge on any atom is -0.462 e. The van der Waals surface area contributed by atoms with E-state index in [2.05, 4.69) is 77.0 Å². The number of ether oxygens (including phenoxy) is 3. The summed E-state index contributed by atoms with van der Waals surface area (Å²) in [5.74, 6) is -2.48. The van der Waals surface area contributed by atoms with E-state index in [1.807, 2.05) is 0 Å². The summed E-state index contributed by atoms with van der Waals surface area (Å²) in [6.07, 6.45) is 83.0. The molecule has 1 fully saturated rings. The van der Waals surface area contributed by atoms with Crippen LogP contribution in [0.5, 0.6) is 0 Å². The van der Waals surface area contributed by atoms with Crippen LogP contribution in [0.15, 0.2) is 0 Å². The van der Waals surface area contributed by atoms with Crippen LogP contribution >= 0.6 is 0 Å². The molecule has 0 aromatic rings. The fourth-order valence-corrected chi connectivity index (χ4v) is 16.0. The lowest BCUT2D eigenvalue weighted by Crippen LogP contribution is -2.39. The Balaban J connectivity index is 3.24. The van der Waals surface area contributed by atoms with Gasteiger partial charge in [0, 0.05) is 19.6 Å². The molecule has 0 saturated heterocycles. The van der Waals surface area contributed by atoms with Gasteiger partial charge in [-0.15, -0.1) is 0 Å². The molecular weight excluding hydrogens is 1260 g/mol. The van der Waals surface area contributed by atoms with E-state index in [4.69, 9.17) is 14.2 Å². The Morgan fingerprint density at radius 1 is 0.216 bits per heavy atom. The minimum absolute atomic E-state index is 0.259. The van der Waals surface area contributed by atoms with Crippen LogP contribution in [0.2, 0.25) is 0 Å². The van der Waals surface area contributed by atoms with Gasteiger partial charge in [0.1, 0.15) is 18.3 Å². The lowest BCUT2D eigenvalue weighted by molar-refractivity contribution is -0.166. The van der Waals surface area contributed by atoms with E-state index >= 15 is 0 Å². The quantitative estimate of drug-likeness (QED) is 0.0336. The Hall–Kier alpha value is -1.71. The topological polar surface area (TPSA) is 88.6 Å². The molecule has 606 valence electrons. The monoisotopic (exact) mass is 1440 g/mol. The van der Waals surface area contributed by atoms with E-state index < -0.39 is 17.8 Å². The smallest absolute Gasteiger partial charge is 0.309 e. The van der Waals surface area contributed by atoms with Crippen molar-refractivity contribution in [3.8, 4) is 0 Å². The molecule has 0 bridgehead atoms. The third-order valence-corrected chi connectivity index (χ3v) is 23.2. The fourth-order valence-electron chi connectivity index (χ4n) is 16.0. The molecule has 0 heterocycles. The van der Waals surface area contributed by atoms with Gasteiger partial charge in [0.25, 0.3) is 0 Å². The number of carbonyl (C=O) groups excluding carboxylic acids is 3. The predicted octanol–water partition coefficient (Wildman–Crippen LogP) is 28.4. The second kappa shape index (κ2) is 76.1. The molecule has 102 heavy (non-hydrogen) atoms. The zero-order valence-corrected chi connectivity index (χ0v) is 70.8. The van der Waals surface area contributed by atoms with Crippen LogP contribution < -0.4 is 0 Å². The molecule has 0 aromatic carbocycles. The highest BCUT2D eigenvalue weighted by Crippen LogP contribution is 2.37. The molecule has 3 atom stereocenters. The first-order valence-corrected chi connectivity index (χ1v) is 46.8. The number of unbranched alkanes of at least 4 members (excludes halogenated alkanes) is 54. The van der Waals surface area contributed by atoms with Gasteiger partial charge in [-0.2, -0.15) is 0 Å². The number of hydrogen-bond donors (Lipinski definition) is 0. The Labute approximate surface area is 638 Å². The number of nitrogens with zero attached hydrogens (tertiary/aromatic N) is 3. The van der Waals surface area contributed by atoms with Gasteiger partial charge in [-0.1, -0.05) is 388 Å². The van der Waals surface area contributed by atoms with Gasteiger partial charge in [-0.05, 0) is 137 Å². The third kappa shape index (κ3) is 63.2. The van der Waals surface area contributed by atoms with Crippen LogP contribution in [-0.2, 0) is 28.6 Å². The molecule has 3 unspecified atom stereocenters. The van der Waals surface area contributed by atoms with Crippen molar-refractivity contribution < 1.29 is 28.6 Å². The zero-order valence-electron chi connectivity index (χ0n) is 70.8. The van der Waals surface area contributed by atoms with E-state index in [9.17, 15) is 14.4 Å². The molecule has 1 aliphatic rings. The summed E-state index contributed by atoms with van der Waals surface area (Å²) in [7, 11) is 0. The van der Waals surface area contributed by atoms with E-state index in [0.717, 1.165) is 78.2 Å². The van der Waals surface area contributed by atoms with Gasteiger partial charge in [-0.3, -0.25) is 14.4 Å². The Morgan fingerprint density at radius 3 is 0.480 bits per heavy atom. The van der Waals surface area contributed by atoms with Gasteiger partial charge in [0.05, 0.1) is 17.8 Å². The molecular formula is C93H183N3O6. The number of esters is 3. The highest BCUT2D eigenvalue weighted by molar-refractivity contribution is 5.80. The van der Waals surface area contributed by atoms with Crippen LogP contribution in [0.4, 0.5) is 0 Å². The van der Waals surface area contributed by atoms with Crippen LogP contribution in [0.1, 0.15) is 486 Å². The second-order valence-corrected chi connectivity index (χ2v) is 33.5. The molecule has 0 amide bonds. The van der Waals surface area contributed by atoms with Crippen molar-refractivity contribution in [3.05, 3.63) is 0 Å². The van der Waals surface area contributed by atoms with Gasteiger partial charge in [-0.25, -0.2) is 0 Å². The molecule has 0 radical (unpaired) electrons. The van der Waals surface area contributed by atoms with Gasteiger partial charge >= 0.3 is 17.9 Å². The number of rotatable bonds is 81. The van der Waals surface area contributed by atoms with Gasteiger partial charge in [0.15, 0.2) is 0 Å². The second-order valence-electron chi connectivity index (χ2n) is 33.5. The van der Waals surface area contributed by atoms with E-state index in [1.165, 1.54) is 385 Å².